The molecule has 4 nitrogen and oxygen atoms in total. The largest absolute Gasteiger partial charge is 0.379 e. The molecule has 1 aliphatic heterocycles. The predicted octanol–water partition coefficient (Wildman–Crippen LogP) is 2.08. The van der Waals surface area contributed by atoms with Crippen molar-refractivity contribution in [3.63, 3.8) is 0 Å². The lowest BCUT2D eigenvalue weighted by molar-refractivity contribution is 0.0126. The Kier molecular flexibility index (Phi) is 4.39. The van der Waals surface area contributed by atoms with Crippen LogP contribution in [0, 0.1) is 0 Å². The molecule has 0 saturated carbocycles. The molecule has 0 radical (unpaired) electrons. The Morgan fingerprint density at radius 1 is 1.41 bits per heavy atom. The number of benzene rings is 1. The number of carbonyl (C=O) groups excluding carboxylic acids is 1. The van der Waals surface area contributed by atoms with Gasteiger partial charge in [-0.15, -0.1) is 0 Å². The van der Waals surface area contributed by atoms with Crippen molar-refractivity contribution in [1.29, 1.82) is 0 Å². The summed E-state index contributed by atoms with van der Waals surface area (Å²) in [7, 11) is 0. The highest BCUT2D eigenvalue weighted by atomic mass is 79.9. The zero-order valence-electron chi connectivity index (χ0n) is 9.08. The van der Waals surface area contributed by atoms with Crippen molar-refractivity contribution in [3.8, 4) is 0 Å². The van der Waals surface area contributed by atoms with Crippen molar-refractivity contribution in [3.05, 3.63) is 33.3 Å². The molecule has 1 amide bonds. The van der Waals surface area contributed by atoms with Crippen molar-refractivity contribution in [2.24, 2.45) is 0 Å². The van der Waals surface area contributed by atoms with E-state index in [4.69, 9.17) is 16.3 Å². The summed E-state index contributed by atoms with van der Waals surface area (Å²) < 4.78 is 6.03. The number of halogens is 2. The average Bonchev–Trinajstić information content (AvgIpc) is 2.33. The standard InChI is InChI=1S/C11H12BrClN2O2/c12-8-1-2-10(13)9(7-8)11(16)14-15-3-5-17-6-4-15/h1-2,7H,3-6H2,(H,14,16). The fourth-order valence-corrected chi connectivity index (χ4v) is 2.11. The quantitative estimate of drug-likeness (QED) is 0.907. The molecular weight excluding hydrogens is 307 g/mol. The number of nitrogens with one attached hydrogen (secondary N) is 1. The van der Waals surface area contributed by atoms with Crippen LogP contribution < -0.4 is 5.43 Å². The Labute approximate surface area is 113 Å². The molecule has 0 atom stereocenters. The smallest absolute Gasteiger partial charge is 0.267 e. The number of nitrogens with zero attached hydrogens (tertiary/aromatic N) is 1. The molecule has 1 fully saturated rings. The van der Waals surface area contributed by atoms with Gasteiger partial charge in [-0.1, -0.05) is 27.5 Å². The van der Waals surface area contributed by atoms with Crippen LogP contribution in [0.1, 0.15) is 10.4 Å². The molecule has 1 heterocycles. The van der Waals surface area contributed by atoms with E-state index in [0.717, 1.165) is 4.47 Å². The molecule has 92 valence electrons. The van der Waals surface area contributed by atoms with Gasteiger partial charge in [-0.3, -0.25) is 10.2 Å². The molecule has 0 bridgehead atoms. The van der Waals surface area contributed by atoms with E-state index in [1.807, 2.05) is 5.01 Å². The fraction of sp³-hybridized carbons (Fsp3) is 0.364. The summed E-state index contributed by atoms with van der Waals surface area (Å²) in [5.74, 6) is -0.196. The molecule has 2 rings (SSSR count). The minimum Gasteiger partial charge on any atom is -0.379 e. The SMILES string of the molecule is O=C(NN1CCOCC1)c1cc(Br)ccc1Cl. The number of hydrogen-bond acceptors (Lipinski definition) is 3. The van der Waals surface area contributed by atoms with Gasteiger partial charge in [0, 0.05) is 17.6 Å². The van der Waals surface area contributed by atoms with E-state index in [-0.39, 0.29) is 5.91 Å². The molecule has 0 unspecified atom stereocenters. The highest BCUT2D eigenvalue weighted by Gasteiger charge is 2.16. The van der Waals surface area contributed by atoms with Crippen LogP contribution in [0.4, 0.5) is 0 Å². The lowest BCUT2D eigenvalue weighted by atomic mass is 10.2. The van der Waals surface area contributed by atoms with Crippen molar-refractivity contribution >= 4 is 33.4 Å². The third kappa shape index (κ3) is 3.42. The van der Waals surface area contributed by atoms with E-state index in [9.17, 15) is 4.79 Å². The summed E-state index contributed by atoms with van der Waals surface area (Å²) in [6.07, 6.45) is 0. The second kappa shape index (κ2) is 5.82. The number of hydrogen-bond donors (Lipinski definition) is 1. The van der Waals surface area contributed by atoms with E-state index in [0.29, 0.717) is 36.9 Å². The Morgan fingerprint density at radius 3 is 2.82 bits per heavy atom. The highest BCUT2D eigenvalue weighted by Crippen LogP contribution is 2.20. The Balaban J connectivity index is 2.05. The topological polar surface area (TPSA) is 41.6 Å². The first-order chi connectivity index (χ1) is 8.16. The van der Waals surface area contributed by atoms with Crippen LogP contribution in [-0.4, -0.2) is 37.2 Å². The van der Waals surface area contributed by atoms with Crippen LogP contribution >= 0.6 is 27.5 Å². The summed E-state index contributed by atoms with van der Waals surface area (Å²) in [6.45, 7) is 2.65. The fourth-order valence-electron chi connectivity index (χ4n) is 1.55. The van der Waals surface area contributed by atoms with Gasteiger partial charge in [0.05, 0.1) is 23.8 Å². The number of hydrazine groups is 1. The minimum absolute atomic E-state index is 0.196. The minimum atomic E-state index is -0.196. The van der Waals surface area contributed by atoms with Gasteiger partial charge >= 0.3 is 0 Å². The monoisotopic (exact) mass is 318 g/mol. The second-order valence-corrected chi connectivity index (χ2v) is 4.99. The van der Waals surface area contributed by atoms with Crippen LogP contribution in [0.15, 0.2) is 22.7 Å². The van der Waals surface area contributed by atoms with Crippen molar-refractivity contribution < 1.29 is 9.53 Å². The Morgan fingerprint density at radius 2 is 2.12 bits per heavy atom. The molecule has 0 spiro atoms. The number of morpholine rings is 1. The number of rotatable bonds is 2. The van der Waals surface area contributed by atoms with Crippen LogP contribution in [0.25, 0.3) is 0 Å². The average molecular weight is 320 g/mol. The summed E-state index contributed by atoms with van der Waals surface area (Å²) in [6, 6.07) is 5.20. The number of ether oxygens (including phenoxy) is 1. The zero-order chi connectivity index (χ0) is 12.3. The highest BCUT2D eigenvalue weighted by molar-refractivity contribution is 9.10. The molecule has 1 aliphatic rings. The Hall–Kier alpha value is -0.620. The maximum absolute atomic E-state index is 12.0. The lowest BCUT2D eigenvalue weighted by Gasteiger charge is -2.27. The van der Waals surface area contributed by atoms with Gasteiger partial charge in [-0.25, -0.2) is 5.01 Å². The molecule has 6 heteroatoms. The van der Waals surface area contributed by atoms with E-state index in [1.165, 1.54) is 0 Å². The Bertz CT molecular complexity index is 422. The zero-order valence-corrected chi connectivity index (χ0v) is 11.4. The summed E-state index contributed by atoms with van der Waals surface area (Å²) in [4.78, 5) is 12.0. The molecule has 1 N–H and O–H groups in total. The maximum Gasteiger partial charge on any atom is 0.267 e. The van der Waals surface area contributed by atoms with Crippen molar-refractivity contribution in [2.45, 2.75) is 0 Å². The van der Waals surface area contributed by atoms with Gasteiger partial charge in [-0.05, 0) is 18.2 Å². The first-order valence-corrected chi connectivity index (χ1v) is 6.42. The number of carbonyl (C=O) groups is 1. The predicted molar refractivity (Wildman–Crippen MR) is 69.0 cm³/mol. The van der Waals surface area contributed by atoms with Crippen molar-refractivity contribution in [2.75, 3.05) is 26.3 Å². The first kappa shape index (κ1) is 12.8. The molecular formula is C11H12BrClN2O2. The molecule has 17 heavy (non-hydrogen) atoms. The normalized spacial score (nSPS) is 16.8. The van der Waals surface area contributed by atoms with Gasteiger partial charge in [0.15, 0.2) is 0 Å². The van der Waals surface area contributed by atoms with Crippen LogP contribution in [0.5, 0.6) is 0 Å². The third-order valence-corrected chi connectivity index (χ3v) is 3.27. The molecule has 0 aliphatic carbocycles. The van der Waals surface area contributed by atoms with Gasteiger partial charge in [0.25, 0.3) is 5.91 Å². The second-order valence-electron chi connectivity index (χ2n) is 3.66. The van der Waals surface area contributed by atoms with E-state index in [2.05, 4.69) is 21.4 Å². The van der Waals surface area contributed by atoms with E-state index in [1.54, 1.807) is 18.2 Å². The van der Waals surface area contributed by atoms with Gasteiger partial charge < -0.3 is 4.74 Å². The van der Waals surface area contributed by atoms with Crippen LogP contribution in [0.2, 0.25) is 5.02 Å². The molecule has 1 aromatic carbocycles. The van der Waals surface area contributed by atoms with Gasteiger partial charge in [0.1, 0.15) is 0 Å². The lowest BCUT2D eigenvalue weighted by Crippen LogP contribution is -2.48. The summed E-state index contributed by atoms with van der Waals surface area (Å²) >= 11 is 9.30. The van der Waals surface area contributed by atoms with E-state index < -0.39 is 0 Å². The van der Waals surface area contributed by atoms with Gasteiger partial charge in [0.2, 0.25) is 0 Å². The first-order valence-electron chi connectivity index (χ1n) is 5.25. The van der Waals surface area contributed by atoms with Crippen molar-refractivity contribution in [1.82, 2.24) is 10.4 Å². The summed E-state index contributed by atoms with van der Waals surface area (Å²) in [5, 5.41) is 2.28. The molecule has 0 aromatic heterocycles. The van der Waals surface area contributed by atoms with Gasteiger partial charge in [-0.2, -0.15) is 0 Å². The molecule has 1 saturated heterocycles. The maximum atomic E-state index is 12.0. The van der Waals surface area contributed by atoms with Crippen LogP contribution in [0.3, 0.4) is 0 Å². The number of amides is 1. The van der Waals surface area contributed by atoms with E-state index >= 15 is 0 Å². The molecule has 1 aromatic rings. The summed E-state index contributed by atoms with van der Waals surface area (Å²) in [5.41, 5.74) is 3.28. The van der Waals surface area contributed by atoms with Crippen LogP contribution in [-0.2, 0) is 4.74 Å². The third-order valence-electron chi connectivity index (χ3n) is 2.44.